The lowest BCUT2D eigenvalue weighted by atomic mass is 10.2. The Morgan fingerprint density at radius 3 is 2.92 bits per heavy atom. The van der Waals surface area contributed by atoms with Crippen molar-refractivity contribution < 1.29 is 9.90 Å². The molecule has 1 rings (SSSR count). The molecule has 0 aromatic heterocycles. The molecule has 1 fully saturated rings. The van der Waals surface area contributed by atoms with Gasteiger partial charge in [-0.3, -0.25) is 9.69 Å². The van der Waals surface area contributed by atoms with E-state index >= 15 is 0 Å². The summed E-state index contributed by atoms with van der Waals surface area (Å²) in [6.45, 7) is 5.64. The Bertz CT molecular complexity index is 170. The maximum atomic E-state index is 10.8. The second kappa shape index (κ2) is 5.22. The minimum atomic E-state index is -0.660. The van der Waals surface area contributed by atoms with Gasteiger partial charge in [0.2, 0.25) is 0 Å². The molecule has 1 radical (unpaired) electrons. The molecule has 1 heterocycles. The summed E-state index contributed by atoms with van der Waals surface area (Å²) < 4.78 is 0. The Balaban J connectivity index is 2.27. The predicted octanol–water partition coefficient (Wildman–Crippen LogP) is 1.54. The lowest BCUT2D eigenvalue weighted by molar-refractivity contribution is -0.142. The van der Waals surface area contributed by atoms with Crippen LogP contribution in [0.1, 0.15) is 32.1 Å². The van der Waals surface area contributed by atoms with Gasteiger partial charge >= 0.3 is 5.97 Å². The number of carboxylic acids is 1. The molecule has 1 N–H and O–H groups in total. The first kappa shape index (κ1) is 10.5. The zero-order valence-corrected chi connectivity index (χ0v) is 8.04. The fraction of sp³-hybridized carbons (Fsp3) is 0.800. The number of hydrogen-bond donors (Lipinski definition) is 1. The van der Waals surface area contributed by atoms with Crippen molar-refractivity contribution in [3.63, 3.8) is 0 Å². The molecule has 3 heteroatoms. The molecule has 3 nitrogen and oxygen atoms in total. The fourth-order valence-electron chi connectivity index (χ4n) is 1.87. The van der Waals surface area contributed by atoms with Crippen LogP contribution in [0.25, 0.3) is 0 Å². The van der Waals surface area contributed by atoms with Crippen LogP contribution in [0.2, 0.25) is 0 Å². The zero-order chi connectivity index (χ0) is 9.68. The van der Waals surface area contributed by atoms with Crippen LogP contribution in [-0.2, 0) is 4.79 Å². The third-order valence-electron chi connectivity index (χ3n) is 2.59. The van der Waals surface area contributed by atoms with Gasteiger partial charge in [-0.25, -0.2) is 0 Å². The van der Waals surface area contributed by atoms with E-state index in [1.807, 2.05) is 0 Å². The second-order valence-corrected chi connectivity index (χ2v) is 3.59. The number of hydrogen-bond acceptors (Lipinski definition) is 2. The van der Waals surface area contributed by atoms with Crippen molar-refractivity contribution in [3.05, 3.63) is 6.92 Å². The molecule has 0 spiro atoms. The van der Waals surface area contributed by atoms with Gasteiger partial charge in [0.05, 0.1) is 0 Å². The van der Waals surface area contributed by atoms with Gasteiger partial charge in [0.1, 0.15) is 6.04 Å². The van der Waals surface area contributed by atoms with Crippen LogP contribution in [0.5, 0.6) is 0 Å². The van der Waals surface area contributed by atoms with E-state index in [-0.39, 0.29) is 6.04 Å². The molecule has 75 valence electrons. The third-order valence-corrected chi connectivity index (χ3v) is 2.59. The van der Waals surface area contributed by atoms with Gasteiger partial charge in [-0.05, 0) is 32.4 Å². The fourth-order valence-corrected chi connectivity index (χ4v) is 1.87. The summed E-state index contributed by atoms with van der Waals surface area (Å²) in [5.74, 6) is -0.660. The number of likely N-dealkylation sites (tertiary alicyclic amines) is 1. The molecule has 0 amide bonds. The van der Waals surface area contributed by atoms with Crippen LogP contribution in [0.15, 0.2) is 0 Å². The third kappa shape index (κ3) is 2.99. The van der Waals surface area contributed by atoms with Crippen LogP contribution in [0.4, 0.5) is 0 Å². The van der Waals surface area contributed by atoms with E-state index in [1.165, 1.54) is 0 Å². The number of unbranched alkanes of at least 4 members (excludes halogenated alkanes) is 2. The first-order valence-electron chi connectivity index (χ1n) is 5.02. The van der Waals surface area contributed by atoms with Crippen molar-refractivity contribution in [3.8, 4) is 0 Å². The molecule has 0 bridgehead atoms. The summed E-state index contributed by atoms with van der Waals surface area (Å²) in [6, 6.07) is -0.218. The van der Waals surface area contributed by atoms with Crippen molar-refractivity contribution in [2.75, 3.05) is 13.1 Å². The van der Waals surface area contributed by atoms with Crippen molar-refractivity contribution >= 4 is 5.97 Å². The maximum absolute atomic E-state index is 10.8. The van der Waals surface area contributed by atoms with E-state index in [2.05, 4.69) is 11.8 Å². The Kier molecular flexibility index (Phi) is 4.22. The van der Waals surface area contributed by atoms with Gasteiger partial charge in [-0.15, -0.1) is 0 Å². The number of nitrogens with zero attached hydrogens (tertiary/aromatic N) is 1. The monoisotopic (exact) mass is 184 g/mol. The van der Waals surface area contributed by atoms with Crippen LogP contribution in [0.3, 0.4) is 0 Å². The van der Waals surface area contributed by atoms with E-state index in [0.717, 1.165) is 45.2 Å². The first-order chi connectivity index (χ1) is 6.25. The highest BCUT2D eigenvalue weighted by atomic mass is 16.4. The van der Waals surface area contributed by atoms with E-state index < -0.39 is 5.97 Å². The molecule has 1 atom stereocenters. The van der Waals surface area contributed by atoms with E-state index in [9.17, 15) is 4.79 Å². The highest BCUT2D eigenvalue weighted by Gasteiger charge is 2.29. The average Bonchev–Trinajstić information content (AvgIpc) is 2.53. The minimum absolute atomic E-state index is 0.218. The molecule has 0 aliphatic carbocycles. The predicted molar refractivity (Wildman–Crippen MR) is 51.4 cm³/mol. The summed E-state index contributed by atoms with van der Waals surface area (Å²) in [5, 5.41) is 8.89. The lowest BCUT2D eigenvalue weighted by Crippen LogP contribution is -2.36. The number of aliphatic carboxylic acids is 1. The molecule has 1 aliphatic rings. The Morgan fingerprint density at radius 1 is 1.54 bits per heavy atom. The topological polar surface area (TPSA) is 40.5 Å². The van der Waals surface area contributed by atoms with Crippen LogP contribution in [-0.4, -0.2) is 35.1 Å². The van der Waals surface area contributed by atoms with Crippen LogP contribution < -0.4 is 0 Å². The second-order valence-electron chi connectivity index (χ2n) is 3.59. The van der Waals surface area contributed by atoms with Gasteiger partial charge < -0.3 is 5.11 Å². The van der Waals surface area contributed by atoms with E-state index in [1.54, 1.807) is 0 Å². The van der Waals surface area contributed by atoms with E-state index in [4.69, 9.17) is 5.11 Å². The molecule has 0 aromatic carbocycles. The highest BCUT2D eigenvalue weighted by molar-refractivity contribution is 5.73. The summed E-state index contributed by atoms with van der Waals surface area (Å²) in [5.41, 5.74) is 0. The summed E-state index contributed by atoms with van der Waals surface area (Å²) in [7, 11) is 0. The molecule has 0 unspecified atom stereocenters. The molecule has 13 heavy (non-hydrogen) atoms. The summed E-state index contributed by atoms with van der Waals surface area (Å²) in [4.78, 5) is 12.9. The Hall–Kier alpha value is -0.570. The zero-order valence-electron chi connectivity index (χ0n) is 8.04. The van der Waals surface area contributed by atoms with Gasteiger partial charge in [-0.2, -0.15) is 0 Å². The van der Waals surface area contributed by atoms with Crippen LogP contribution >= 0.6 is 0 Å². The Labute approximate surface area is 79.7 Å². The largest absolute Gasteiger partial charge is 0.480 e. The van der Waals surface area contributed by atoms with Crippen molar-refractivity contribution in [2.24, 2.45) is 0 Å². The van der Waals surface area contributed by atoms with E-state index in [0.29, 0.717) is 0 Å². The smallest absolute Gasteiger partial charge is 0.320 e. The number of rotatable bonds is 5. The first-order valence-corrected chi connectivity index (χ1v) is 5.02. The molecular weight excluding hydrogens is 166 g/mol. The van der Waals surface area contributed by atoms with Gasteiger partial charge in [0.25, 0.3) is 0 Å². The average molecular weight is 184 g/mol. The normalized spacial score (nSPS) is 23.6. The molecule has 0 aromatic rings. The van der Waals surface area contributed by atoms with Crippen LogP contribution in [0, 0.1) is 6.92 Å². The van der Waals surface area contributed by atoms with Gasteiger partial charge in [0, 0.05) is 0 Å². The number of carbonyl (C=O) groups is 1. The maximum Gasteiger partial charge on any atom is 0.320 e. The summed E-state index contributed by atoms with van der Waals surface area (Å²) >= 11 is 0. The summed E-state index contributed by atoms with van der Waals surface area (Å²) in [6.07, 6.45) is 4.97. The Morgan fingerprint density at radius 2 is 2.31 bits per heavy atom. The number of carboxylic acid groups (broad SMARTS) is 1. The molecule has 1 aliphatic heterocycles. The van der Waals surface area contributed by atoms with Gasteiger partial charge in [0.15, 0.2) is 0 Å². The van der Waals surface area contributed by atoms with Crippen molar-refractivity contribution in [2.45, 2.75) is 38.1 Å². The molecular formula is C10H18NO2. The molecule has 0 saturated carbocycles. The SMILES string of the molecule is [CH2]CCCCN1CCC[C@H]1C(=O)O. The quantitative estimate of drug-likeness (QED) is 0.659. The lowest BCUT2D eigenvalue weighted by Gasteiger charge is -2.20. The highest BCUT2D eigenvalue weighted by Crippen LogP contribution is 2.17. The van der Waals surface area contributed by atoms with Crippen molar-refractivity contribution in [1.82, 2.24) is 4.90 Å². The molecule has 1 saturated heterocycles. The van der Waals surface area contributed by atoms with Gasteiger partial charge in [-0.1, -0.05) is 19.8 Å². The standard InChI is InChI=1S/C10H18NO2/c1-2-3-4-7-11-8-5-6-9(11)10(12)13/h9H,1-8H2,(H,12,13)/t9-/m0/s1. The minimum Gasteiger partial charge on any atom is -0.480 e. The van der Waals surface area contributed by atoms with Crippen molar-refractivity contribution in [1.29, 1.82) is 0 Å².